The number of rotatable bonds is 3. The predicted molar refractivity (Wildman–Crippen MR) is 105 cm³/mol. The van der Waals surface area contributed by atoms with Gasteiger partial charge in [-0.1, -0.05) is 30.3 Å². The number of pyridine rings is 1. The average Bonchev–Trinajstić information content (AvgIpc) is 3.09. The molecule has 2 aromatic heterocycles. The Kier molecular flexibility index (Phi) is 3.97. The smallest absolute Gasteiger partial charge is 0.246 e. The van der Waals surface area contributed by atoms with Crippen LogP contribution in [-0.2, 0) is 16.0 Å². The molecule has 5 rings (SSSR count). The van der Waals surface area contributed by atoms with Gasteiger partial charge in [0.15, 0.2) is 0 Å². The first-order valence-corrected chi connectivity index (χ1v) is 9.37. The number of benzene rings is 1. The number of hydrogen-bond donors (Lipinski definition) is 1. The lowest BCUT2D eigenvalue weighted by molar-refractivity contribution is -0.130. The summed E-state index contributed by atoms with van der Waals surface area (Å²) in [4.78, 5) is 30.6. The van der Waals surface area contributed by atoms with Gasteiger partial charge in [-0.3, -0.25) is 9.59 Å². The molecule has 3 aromatic rings. The van der Waals surface area contributed by atoms with Gasteiger partial charge in [-0.05, 0) is 30.2 Å². The molecule has 2 aliphatic heterocycles. The Labute approximate surface area is 161 Å². The molecule has 2 aliphatic rings. The van der Waals surface area contributed by atoms with E-state index in [9.17, 15) is 9.59 Å². The minimum atomic E-state index is -0.351. The van der Waals surface area contributed by atoms with Gasteiger partial charge in [-0.2, -0.15) is 0 Å². The Bertz CT molecular complexity index is 1100. The third-order valence-corrected chi connectivity index (χ3v) is 5.52. The first kappa shape index (κ1) is 16.7. The molecule has 2 amide bonds. The maximum atomic E-state index is 12.5. The number of furan rings is 1. The first-order chi connectivity index (χ1) is 13.7. The normalized spacial score (nSPS) is 19.5. The number of aromatic nitrogens is 1. The maximum absolute atomic E-state index is 12.5. The third kappa shape index (κ3) is 2.87. The second kappa shape index (κ2) is 6.64. The minimum absolute atomic E-state index is 0.0613. The number of nitrogens with one attached hydrogen (secondary N) is 1. The quantitative estimate of drug-likeness (QED) is 0.716. The van der Waals surface area contributed by atoms with Crippen molar-refractivity contribution in [3.8, 4) is 0 Å². The second-order valence-corrected chi connectivity index (χ2v) is 7.30. The largest absolute Gasteiger partial charge is 0.464 e. The van der Waals surface area contributed by atoms with E-state index in [1.807, 2.05) is 36.4 Å². The molecule has 1 saturated heterocycles. The Balaban J connectivity index is 1.22. The summed E-state index contributed by atoms with van der Waals surface area (Å²) in [5.74, 6) is 0.365. The maximum Gasteiger partial charge on any atom is 0.246 e. The van der Waals surface area contributed by atoms with E-state index < -0.39 is 0 Å². The van der Waals surface area contributed by atoms with Crippen molar-refractivity contribution in [2.45, 2.75) is 12.3 Å². The molecule has 6 nitrogen and oxygen atoms in total. The van der Waals surface area contributed by atoms with Crippen LogP contribution in [0, 0.1) is 5.92 Å². The van der Waals surface area contributed by atoms with Crippen LogP contribution in [0.25, 0.3) is 11.0 Å². The molecule has 1 aromatic carbocycles. The Morgan fingerprint density at radius 3 is 2.96 bits per heavy atom. The van der Waals surface area contributed by atoms with Crippen LogP contribution in [0.5, 0.6) is 0 Å². The van der Waals surface area contributed by atoms with Crippen molar-refractivity contribution in [3.05, 3.63) is 72.1 Å². The molecule has 1 atom stereocenters. The Morgan fingerprint density at radius 1 is 1.21 bits per heavy atom. The number of likely N-dealkylation sites (tertiary alicyclic amines) is 1. The lowest BCUT2D eigenvalue weighted by Crippen LogP contribution is -2.47. The fourth-order valence-corrected chi connectivity index (χ4v) is 3.88. The van der Waals surface area contributed by atoms with Gasteiger partial charge in [0.25, 0.3) is 0 Å². The number of anilines is 1. The van der Waals surface area contributed by atoms with Crippen LogP contribution in [-0.4, -0.2) is 34.8 Å². The summed E-state index contributed by atoms with van der Waals surface area (Å²) in [7, 11) is 0. The van der Waals surface area contributed by atoms with Crippen molar-refractivity contribution < 1.29 is 14.0 Å². The Hall–Kier alpha value is -3.41. The van der Waals surface area contributed by atoms with E-state index in [-0.39, 0.29) is 23.7 Å². The van der Waals surface area contributed by atoms with Crippen LogP contribution in [0.3, 0.4) is 0 Å². The zero-order chi connectivity index (χ0) is 19.1. The van der Waals surface area contributed by atoms with Crippen LogP contribution in [0.15, 0.2) is 65.4 Å². The summed E-state index contributed by atoms with van der Waals surface area (Å²) in [6, 6.07) is 11.7. The Morgan fingerprint density at radius 2 is 2.07 bits per heavy atom. The molecule has 6 heteroatoms. The molecule has 0 saturated carbocycles. The number of para-hydroxylation sites is 1. The van der Waals surface area contributed by atoms with Gasteiger partial charge in [-0.25, -0.2) is 4.98 Å². The highest BCUT2D eigenvalue weighted by Crippen LogP contribution is 2.34. The fraction of sp³-hybridized carbons (Fsp3) is 0.227. The fourth-order valence-electron chi connectivity index (χ4n) is 3.88. The molecular weight excluding hydrogens is 354 g/mol. The van der Waals surface area contributed by atoms with E-state index in [2.05, 4.69) is 10.3 Å². The summed E-state index contributed by atoms with van der Waals surface area (Å²) < 4.78 is 5.60. The van der Waals surface area contributed by atoms with Crippen LogP contribution >= 0.6 is 0 Å². The van der Waals surface area contributed by atoms with E-state index in [1.54, 1.807) is 23.4 Å². The predicted octanol–water partition coefficient (Wildman–Crippen LogP) is 3.12. The first-order valence-electron chi connectivity index (χ1n) is 9.37. The standard InChI is InChI=1S/C22H19N3O3/c26-20(8-7-15-10-14-4-3-9-23-21(14)24-22(15)27)25-11-16(12-25)18-13-28-19-6-2-1-5-17(18)19/h1-9,13,15-16H,10-12H2,(H,23,24,27). The van der Waals surface area contributed by atoms with Crippen molar-refractivity contribution in [1.29, 1.82) is 0 Å². The summed E-state index contributed by atoms with van der Waals surface area (Å²) in [5.41, 5.74) is 3.01. The summed E-state index contributed by atoms with van der Waals surface area (Å²) >= 11 is 0. The van der Waals surface area contributed by atoms with Crippen molar-refractivity contribution >= 4 is 28.6 Å². The molecule has 0 bridgehead atoms. The SMILES string of the molecule is O=C1Nc2ncccc2CC1C=CC(=O)N1CC(c2coc3ccccc23)C1. The molecular formula is C22H19N3O3. The van der Waals surface area contributed by atoms with Gasteiger partial charge in [0, 0.05) is 36.2 Å². The van der Waals surface area contributed by atoms with E-state index in [4.69, 9.17) is 4.42 Å². The monoisotopic (exact) mass is 373 g/mol. The van der Waals surface area contributed by atoms with E-state index in [0.29, 0.717) is 25.3 Å². The second-order valence-electron chi connectivity index (χ2n) is 7.30. The van der Waals surface area contributed by atoms with Gasteiger partial charge in [0.1, 0.15) is 11.4 Å². The highest BCUT2D eigenvalue weighted by atomic mass is 16.3. The molecule has 1 N–H and O–H groups in total. The van der Waals surface area contributed by atoms with Crippen molar-refractivity contribution in [2.24, 2.45) is 5.92 Å². The zero-order valence-corrected chi connectivity index (χ0v) is 15.2. The molecule has 1 fully saturated rings. The molecule has 140 valence electrons. The summed E-state index contributed by atoms with van der Waals surface area (Å²) in [5, 5.41) is 3.91. The number of fused-ring (bicyclic) bond motifs is 2. The number of carbonyl (C=O) groups excluding carboxylic acids is 2. The van der Waals surface area contributed by atoms with E-state index >= 15 is 0 Å². The van der Waals surface area contributed by atoms with Crippen LogP contribution in [0.4, 0.5) is 5.82 Å². The third-order valence-electron chi connectivity index (χ3n) is 5.52. The van der Waals surface area contributed by atoms with Crippen molar-refractivity contribution in [1.82, 2.24) is 9.88 Å². The van der Waals surface area contributed by atoms with Crippen LogP contribution in [0.2, 0.25) is 0 Å². The average molecular weight is 373 g/mol. The zero-order valence-electron chi connectivity index (χ0n) is 15.2. The summed E-state index contributed by atoms with van der Waals surface area (Å²) in [6.45, 7) is 1.33. The molecule has 1 unspecified atom stereocenters. The van der Waals surface area contributed by atoms with Crippen molar-refractivity contribution in [3.63, 3.8) is 0 Å². The van der Waals surface area contributed by atoms with E-state index in [1.165, 1.54) is 6.08 Å². The summed E-state index contributed by atoms with van der Waals surface area (Å²) in [6.07, 6.45) is 7.24. The van der Waals surface area contributed by atoms with Gasteiger partial charge in [-0.15, -0.1) is 0 Å². The lowest BCUT2D eigenvalue weighted by Gasteiger charge is -2.38. The van der Waals surface area contributed by atoms with E-state index in [0.717, 1.165) is 22.1 Å². The van der Waals surface area contributed by atoms with Gasteiger partial charge >= 0.3 is 0 Å². The molecule has 0 spiro atoms. The van der Waals surface area contributed by atoms with Crippen LogP contribution in [0.1, 0.15) is 17.0 Å². The number of hydrogen-bond acceptors (Lipinski definition) is 4. The van der Waals surface area contributed by atoms with Crippen molar-refractivity contribution in [2.75, 3.05) is 18.4 Å². The molecule has 28 heavy (non-hydrogen) atoms. The highest BCUT2D eigenvalue weighted by molar-refractivity contribution is 5.97. The topological polar surface area (TPSA) is 75.4 Å². The number of nitrogens with zero attached hydrogens (tertiary/aromatic N) is 2. The molecule has 0 radical (unpaired) electrons. The molecule has 4 heterocycles. The highest BCUT2D eigenvalue weighted by Gasteiger charge is 2.33. The molecule has 0 aliphatic carbocycles. The van der Waals surface area contributed by atoms with Gasteiger partial charge in [0.05, 0.1) is 12.2 Å². The number of carbonyl (C=O) groups is 2. The minimum Gasteiger partial charge on any atom is -0.464 e. The van der Waals surface area contributed by atoms with Gasteiger partial charge < -0.3 is 14.6 Å². The lowest BCUT2D eigenvalue weighted by atomic mass is 9.90. The number of amides is 2. The van der Waals surface area contributed by atoms with Crippen LogP contribution < -0.4 is 5.32 Å². The van der Waals surface area contributed by atoms with Gasteiger partial charge in [0.2, 0.25) is 11.8 Å².